The van der Waals surface area contributed by atoms with Crippen molar-refractivity contribution in [3.63, 3.8) is 0 Å². The minimum Gasteiger partial charge on any atom is -0.481 e. The van der Waals surface area contributed by atoms with Gasteiger partial charge in [-0.25, -0.2) is 0 Å². The van der Waals surface area contributed by atoms with Crippen molar-refractivity contribution in [3.05, 3.63) is 43.8 Å². The number of amides is 1. The van der Waals surface area contributed by atoms with E-state index in [-0.39, 0.29) is 22.1 Å². The molecule has 3 rings (SSSR count). The minimum absolute atomic E-state index is 0.0937. The molecule has 176 valence electrons. The maximum Gasteiger partial charge on any atom is 0.323 e. The Kier molecular flexibility index (Phi) is 8.74. The van der Waals surface area contributed by atoms with Crippen LogP contribution in [0.3, 0.4) is 0 Å². The van der Waals surface area contributed by atoms with Gasteiger partial charge in [0.25, 0.3) is 5.91 Å². The van der Waals surface area contributed by atoms with Crippen LogP contribution in [-0.2, 0) is 14.4 Å². The zero-order chi connectivity index (χ0) is 24.3. The Hall–Kier alpha value is -1.72. The molecule has 0 aliphatic carbocycles. The third kappa shape index (κ3) is 6.05. The molecule has 2 aliphatic heterocycles. The average Bonchev–Trinajstić information content (AvgIpc) is 3.20. The summed E-state index contributed by atoms with van der Waals surface area (Å²) in [6.45, 7) is 2.23. The summed E-state index contributed by atoms with van der Waals surface area (Å²) in [5, 5.41) is 20.0. The number of halogens is 2. The Morgan fingerprint density at radius 3 is 2.42 bits per heavy atom. The Bertz CT molecular complexity index is 1090. The highest BCUT2D eigenvalue weighted by molar-refractivity contribution is 8.26. The minimum atomic E-state index is -1.18. The van der Waals surface area contributed by atoms with E-state index in [4.69, 9.17) is 40.5 Å². The van der Waals surface area contributed by atoms with Gasteiger partial charge in [0.15, 0.2) is 0 Å². The van der Waals surface area contributed by atoms with Crippen molar-refractivity contribution in [2.45, 2.75) is 37.5 Å². The van der Waals surface area contributed by atoms with Crippen molar-refractivity contribution in [3.8, 4) is 0 Å². The van der Waals surface area contributed by atoms with E-state index in [0.717, 1.165) is 45.1 Å². The van der Waals surface area contributed by atoms with Crippen LogP contribution >= 0.6 is 58.9 Å². The summed E-state index contributed by atoms with van der Waals surface area (Å²) in [5.74, 6) is -2.72. The molecular formula is C21H20Cl2N2O5S3. The number of thiocarbonyl (C=S) groups is 1. The van der Waals surface area contributed by atoms with Gasteiger partial charge in [0.1, 0.15) is 10.9 Å². The van der Waals surface area contributed by atoms with Gasteiger partial charge in [-0.1, -0.05) is 72.3 Å². The maximum atomic E-state index is 12.9. The van der Waals surface area contributed by atoms with Crippen LogP contribution < -0.4 is 4.90 Å². The third-order valence-corrected chi connectivity index (χ3v) is 8.17. The van der Waals surface area contributed by atoms with Gasteiger partial charge in [-0.2, -0.15) is 0 Å². The number of carboxylic acids is 2. The van der Waals surface area contributed by atoms with Crippen molar-refractivity contribution in [1.82, 2.24) is 4.90 Å². The number of rotatable bonds is 9. The Labute approximate surface area is 214 Å². The van der Waals surface area contributed by atoms with E-state index < -0.39 is 24.4 Å². The second kappa shape index (κ2) is 11.1. The largest absolute Gasteiger partial charge is 0.481 e. The standard InChI is InChI=1S/C21H20Cl2N2O5S3/c1-2-3-6-24-14-8-12(22)13(23)9-15(14)32-16(24)7-11(4-5-17(26)27)19-20(30)25(10-18(28)29)21(31)33-19/h7-9H,2-6,10H2,1H3,(H,26,27)(H,28,29)/b16-7-,19-11+. The first kappa shape index (κ1) is 25.9. The summed E-state index contributed by atoms with van der Waals surface area (Å²) in [5.41, 5.74) is 1.39. The molecule has 0 spiro atoms. The highest BCUT2D eigenvalue weighted by Gasteiger charge is 2.36. The predicted octanol–water partition coefficient (Wildman–Crippen LogP) is 5.61. The van der Waals surface area contributed by atoms with E-state index in [2.05, 4.69) is 11.8 Å². The first-order valence-electron chi connectivity index (χ1n) is 9.98. The smallest absolute Gasteiger partial charge is 0.323 e. The summed E-state index contributed by atoms with van der Waals surface area (Å²) in [7, 11) is 0. The molecule has 1 fully saturated rings. The average molecular weight is 548 g/mol. The Morgan fingerprint density at radius 1 is 1.09 bits per heavy atom. The van der Waals surface area contributed by atoms with Gasteiger partial charge in [-0.15, -0.1) is 0 Å². The molecular weight excluding hydrogens is 527 g/mol. The van der Waals surface area contributed by atoms with Crippen molar-refractivity contribution < 1.29 is 24.6 Å². The van der Waals surface area contributed by atoms with E-state index in [0.29, 0.717) is 22.2 Å². The number of carbonyl (C=O) groups is 3. The molecule has 0 atom stereocenters. The quantitative estimate of drug-likeness (QED) is 0.302. The molecule has 1 amide bonds. The predicted molar refractivity (Wildman–Crippen MR) is 136 cm³/mol. The van der Waals surface area contributed by atoms with Crippen LogP contribution in [0, 0.1) is 0 Å². The van der Waals surface area contributed by atoms with Crippen LogP contribution in [0.5, 0.6) is 0 Å². The first-order chi connectivity index (χ1) is 15.6. The molecule has 2 N–H and O–H groups in total. The molecule has 1 aromatic rings. The van der Waals surface area contributed by atoms with Crippen LogP contribution in [0.25, 0.3) is 0 Å². The second-order valence-corrected chi connectivity index (χ2v) is 10.7. The van der Waals surface area contributed by atoms with Crippen molar-refractivity contribution >= 4 is 86.8 Å². The molecule has 33 heavy (non-hydrogen) atoms. The lowest BCUT2D eigenvalue weighted by atomic mass is 10.1. The number of thioether (sulfide) groups is 2. The van der Waals surface area contributed by atoms with Crippen LogP contribution in [0.15, 0.2) is 38.6 Å². The molecule has 12 heteroatoms. The maximum absolute atomic E-state index is 12.9. The van der Waals surface area contributed by atoms with Gasteiger partial charge in [-0.05, 0) is 36.6 Å². The van der Waals surface area contributed by atoms with E-state index in [9.17, 15) is 19.5 Å². The number of hydrogen-bond donors (Lipinski definition) is 2. The molecule has 2 aliphatic rings. The highest BCUT2D eigenvalue weighted by Crippen LogP contribution is 2.50. The molecule has 0 unspecified atom stereocenters. The number of hydrogen-bond acceptors (Lipinski definition) is 7. The fraction of sp³-hybridized carbons (Fsp3) is 0.333. The summed E-state index contributed by atoms with van der Waals surface area (Å²) < 4.78 is 0.132. The lowest BCUT2D eigenvalue weighted by Crippen LogP contribution is -2.33. The molecule has 0 radical (unpaired) electrons. The topological polar surface area (TPSA) is 98.2 Å². The zero-order valence-electron chi connectivity index (χ0n) is 17.5. The number of benzene rings is 1. The third-order valence-electron chi connectivity index (χ3n) is 4.85. The molecule has 7 nitrogen and oxygen atoms in total. The normalized spacial score (nSPS) is 18.3. The number of unbranched alkanes of at least 4 members (excludes halogenated alkanes) is 1. The number of aliphatic carboxylic acids is 2. The number of fused-ring (bicyclic) bond motifs is 1. The summed E-state index contributed by atoms with van der Waals surface area (Å²) in [6.07, 6.45) is 3.56. The van der Waals surface area contributed by atoms with Gasteiger partial charge in [0, 0.05) is 17.9 Å². The molecule has 1 saturated heterocycles. The van der Waals surface area contributed by atoms with Gasteiger partial charge >= 0.3 is 11.9 Å². The van der Waals surface area contributed by atoms with Gasteiger partial charge in [-0.3, -0.25) is 19.3 Å². The number of allylic oxidation sites excluding steroid dienone is 2. The highest BCUT2D eigenvalue weighted by atomic mass is 35.5. The summed E-state index contributed by atoms with van der Waals surface area (Å²) >= 11 is 20.1. The van der Waals surface area contributed by atoms with Crippen molar-refractivity contribution in [2.75, 3.05) is 18.0 Å². The zero-order valence-corrected chi connectivity index (χ0v) is 21.4. The SMILES string of the molecule is CCCCN1/C(=C/C(CCC(=O)O)=C2/SC(=S)N(CC(=O)O)C2=O)Sc2cc(Cl)c(Cl)cc21. The van der Waals surface area contributed by atoms with E-state index in [1.807, 2.05) is 0 Å². The number of anilines is 1. The Morgan fingerprint density at radius 2 is 1.79 bits per heavy atom. The first-order valence-corrected chi connectivity index (χ1v) is 12.8. The van der Waals surface area contributed by atoms with Gasteiger partial charge < -0.3 is 15.1 Å². The molecule has 0 bridgehead atoms. The fourth-order valence-corrected chi connectivity index (χ4v) is 6.14. The van der Waals surface area contributed by atoms with Crippen LogP contribution in [0.1, 0.15) is 32.6 Å². The molecule has 0 aromatic heterocycles. The van der Waals surface area contributed by atoms with Crippen molar-refractivity contribution in [1.29, 1.82) is 0 Å². The van der Waals surface area contributed by atoms with Gasteiger partial charge in [0.05, 0.1) is 25.7 Å². The van der Waals surface area contributed by atoms with Crippen LogP contribution in [0.4, 0.5) is 5.69 Å². The molecule has 1 aromatic carbocycles. The summed E-state index contributed by atoms with van der Waals surface area (Å²) in [6, 6.07) is 3.58. The fourth-order valence-electron chi connectivity index (χ4n) is 3.26. The van der Waals surface area contributed by atoms with Crippen LogP contribution in [-0.4, -0.2) is 50.4 Å². The summed E-state index contributed by atoms with van der Waals surface area (Å²) in [4.78, 5) is 39.6. The van der Waals surface area contributed by atoms with Gasteiger partial charge in [0.2, 0.25) is 0 Å². The van der Waals surface area contributed by atoms with Crippen LogP contribution in [0.2, 0.25) is 10.0 Å². The van der Waals surface area contributed by atoms with E-state index in [1.54, 1.807) is 18.2 Å². The van der Waals surface area contributed by atoms with E-state index >= 15 is 0 Å². The van der Waals surface area contributed by atoms with Crippen molar-refractivity contribution in [2.24, 2.45) is 0 Å². The molecule has 0 saturated carbocycles. The monoisotopic (exact) mass is 546 g/mol. The Balaban J connectivity index is 2.05. The lowest BCUT2D eigenvalue weighted by molar-refractivity contribution is -0.140. The second-order valence-electron chi connectivity index (χ2n) is 7.22. The molecule has 2 heterocycles. The number of carboxylic acid groups (broad SMARTS) is 2. The number of carbonyl (C=O) groups excluding carboxylic acids is 1. The number of nitrogens with zero attached hydrogens (tertiary/aromatic N) is 2. The lowest BCUT2D eigenvalue weighted by Gasteiger charge is -2.21. The van der Waals surface area contributed by atoms with E-state index in [1.165, 1.54) is 11.8 Å².